The molecule has 0 amide bonds. The molecule has 2 aromatic carbocycles. The smallest absolute Gasteiger partial charge is 0.119 e. The van der Waals surface area contributed by atoms with E-state index >= 15 is 0 Å². The van der Waals surface area contributed by atoms with Crippen LogP contribution in [0.15, 0.2) is 48.5 Å². The van der Waals surface area contributed by atoms with Crippen LogP contribution in [0.1, 0.15) is 5.56 Å². The number of aryl methyl sites for hydroxylation is 1. The standard InChI is InChI=1S/C7H8O2.C6H6O.CH2O/c1-5-2-6(8)4-7(9)3-5;7-6-4-2-1-3-5-6;1-2/h2-4,8-9H,1H3;1-5,7H;1H2. The molecule has 0 saturated heterocycles. The van der Waals surface area contributed by atoms with E-state index in [0.29, 0.717) is 5.75 Å². The Kier molecular flexibility index (Phi) is 7.44. The molecular formula is C14H16O4. The highest BCUT2D eigenvalue weighted by atomic mass is 16.3. The van der Waals surface area contributed by atoms with Crippen molar-refractivity contribution in [2.24, 2.45) is 0 Å². The van der Waals surface area contributed by atoms with Gasteiger partial charge in [0.2, 0.25) is 0 Å². The second-order valence-corrected chi connectivity index (χ2v) is 3.36. The van der Waals surface area contributed by atoms with E-state index < -0.39 is 0 Å². The summed E-state index contributed by atoms with van der Waals surface area (Å²) < 4.78 is 0. The third-order valence-corrected chi connectivity index (χ3v) is 1.80. The maximum absolute atomic E-state index is 8.83. The molecule has 3 N–H and O–H groups in total. The number of aromatic hydroxyl groups is 3. The first-order valence-corrected chi connectivity index (χ1v) is 5.10. The quantitative estimate of drug-likeness (QED) is 0.669. The van der Waals surface area contributed by atoms with E-state index in [2.05, 4.69) is 0 Å². The van der Waals surface area contributed by atoms with E-state index in [1.54, 1.807) is 43.3 Å². The Morgan fingerprint density at radius 1 is 0.778 bits per heavy atom. The van der Waals surface area contributed by atoms with Gasteiger partial charge in [0.15, 0.2) is 0 Å². The zero-order chi connectivity index (χ0) is 14.0. The summed E-state index contributed by atoms with van der Waals surface area (Å²) in [6.07, 6.45) is 0. The van der Waals surface area contributed by atoms with Crippen LogP contribution < -0.4 is 0 Å². The van der Waals surface area contributed by atoms with E-state index in [1.807, 2.05) is 12.9 Å². The molecule has 0 spiro atoms. The zero-order valence-corrected chi connectivity index (χ0v) is 10.1. The molecule has 4 heteroatoms. The lowest BCUT2D eigenvalue weighted by Gasteiger charge is -1.94. The van der Waals surface area contributed by atoms with Crippen LogP contribution in [-0.4, -0.2) is 22.1 Å². The second-order valence-electron chi connectivity index (χ2n) is 3.36. The maximum Gasteiger partial charge on any atom is 0.119 e. The van der Waals surface area contributed by atoms with Crippen molar-refractivity contribution in [3.8, 4) is 17.2 Å². The number of phenols is 3. The number of hydrogen-bond acceptors (Lipinski definition) is 4. The van der Waals surface area contributed by atoms with E-state index in [0.717, 1.165) is 5.56 Å². The molecule has 0 radical (unpaired) electrons. The van der Waals surface area contributed by atoms with Crippen LogP contribution >= 0.6 is 0 Å². The van der Waals surface area contributed by atoms with Gasteiger partial charge in [-0.05, 0) is 36.8 Å². The van der Waals surface area contributed by atoms with E-state index in [1.165, 1.54) is 6.07 Å². The Morgan fingerprint density at radius 3 is 1.50 bits per heavy atom. The number of benzene rings is 2. The highest BCUT2D eigenvalue weighted by Gasteiger charge is 1.91. The van der Waals surface area contributed by atoms with Crippen molar-refractivity contribution in [2.75, 3.05) is 0 Å². The minimum absolute atomic E-state index is 0.104. The van der Waals surface area contributed by atoms with Gasteiger partial charge in [0, 0.05) is 6.07 Å². The summed E-state index contributed by atoms with van der Waals surface area (Å²) in [5, 5.41) is 26.3. The summed E-state index contributed by atoms with van der Waals surface area (Å²) in [5.41, 5.74) is 0.854. The predicted octanol–water partition coefficient (Wildman–Crippen LogP) is 2.61. The normalized spacial score (nSPS) is 8.28. The van der Waals surface area contributed by atoms with Crippen LogP contribution in [0.5, 0.6) is 17.2 Å². The molecule has 0 fully saturated rings. The summed E-state index contributed by atoms with van der Waals surface area (Å²) in [7, 11) is 0. The molecule has 0 aliphatic rings. The average molecular weight is 248 g/mol. The molecule has 0 unspecified atom stereocenters. The number of phenolic OH excluding ortho intramolecular Hbond substituents is 3. The number of rotatable bonds is 0. The molecule has 96 valence electrons. The van der Waals surface area contributed by atoms with E-state index in [4.69, 9.17) is 20.1 Å². The Labute approximate surface area is 106 Å². The predicted molar refractivity (Wildman–Crippen MR) is 69.7 cm³/mol. The van der Waals surface area contributed by atoms with E-state index in [9.17, 15) is 0 Å². The Bertz CT molecular complexity index is 404. The molecule has 2 aromatic rings. The molecule has 0 atom stereocenters. The third-order valence-electron chi connectivity index (χ3n) is 1.80. The van der Waals surface area contributed by atoms with Crippen molar-refractivity contribution in [3.05, 3.63) is 54.1 Å². The Morgan fingerprint density at radius 2 is 1.22 bits per heavy atom. The Balaban J connectivity index is 0.000000289. The molecule has 0 aliphatic carbocycles. The fourth-order valence-electron chi connectivity index (χ4n) is 1.17. The third kappa shape index (κ3) is 6.90. The van der Waals surface area contributed by atoms with Gasteiger partial charge in [-0.3, -0.25) is 0 Å². The molecule has 0 aromatic heterocycles. The number of para-hydroxylation sites is 1. The van der Waals surface area contributed by atoms with Gasteiger partial charge in [-0.1, -0.05) is 18.2 Å². The van der Waals surface area contributed by atoms with Gasteiger partial charge < -0.3 is 20.1 Å². The summed E-state index contributed by atoms with van der Waals surface area (Å²) in [5.74, 6) is 0.530. The molecule has 2 rings (SSSR count). The number of carbonyl (C=O) groups excluding carboxylic acids is 1. The zero-order valence-electron chi connectivity index (χ0n) is 10.1. The molecule has 0 aliphatic heterocycles. The van der Waals surface area contributed by atoms with Gasteiger partial charge in [-0.2, -0.15) is 0 Å². The monoisotopic (exact) mass is 248 g/mol. The highest BCUT2D eigenvalue weighted by Crippen LogP contribution is 2.18. The lowest BCUT2D eigenvalue weighted by Crippen LogP contribution is -1.70. The lowest BCUT2D eigenvalue weighted by atomic mass is 10.2. The van der Waals surface area contributed by atoms with Gasteiger partial charge in [0.05, 0.1) is 0 Å². The Hall–Kier alpha value is -2.49. The van der Waals surface area contributed by atoms with Crippen LogP contribution in [0.3, 0.4) is 0 Å². The van der Waals surface area contributed by atoms with Gasteiger partial charge >= 0.3 is 0 Å². The van der Waals surface area contributed by atoms with Crippen molar-refractivity contribution < 1.29 is 20.1 Å². The molecule has 0 heterocycles. The van der Waals surface area contributed by atoms with Gasteiger partial charge in [-0.15, -0.1) is 0 Å². The highest BCUT2D eigenvalue weighted by molar-refractivity contribution is 5.35. The molecule has 4 nitrogen and oxygen atoms in total. The summed E-state index contributed by atoms with van der Waals surface area (Å²) in [4.78, 5) is 8.00. The van der Waals surface area contributed by atoms with Crippen molar-refractivity contribution in [1.29, 1.82) is 0 Å². The summed E-state index contributed by atoms with van der Waals surface area (Å²) >= 11 is 0. The molecular weight excluding hydrogens is 232 g/mol. The van der Waals surface area contributed by atoms with Crippen LogP contribution in [0.4, 0.5) is 0 Å². The summed E-state index contributed by atoms with van der Waals surface area (Å²) in [6, 6.07) is 13.2. The minimum Gasteiger partial charge on any atom is -0.508 e. The SMILES string of the molecule is C=O.Cc1cc(O)cc(O)c1.Oc1ccccc1. The first kappa shape index (κ1) is 15.5. The number of carbonyl (C=O) groups is 1. The van der Waals surface area contributed by atoms with Crippen molar-refractivity contribution in [2.45, 2.75) is 6.92 Å². The fourth-order valence-corrected chi connectivity index (χ4v) is 1.17. The fraction of sp³-hybridized carbons (Fsp3) is 0.0714. The molecule has 18 heavy (non-hydrogen) atoms. The van der Waals surface area contributed by atoms with Gasteiger partial charge in [0.1, 0.15) is 24.0 Å². The van der Waals surface area contributed by atoms with Gasteiger partial charge in [-0.25, -0.2) is 0 Å². The van der Waals surface area contributed by atoms with Crippen LogP contribution in [-0.2, 0) is 4.79 Å². The summed E-state index contributed by atoms with van der Waals surface area (Å²) in [6.45, 7) is 3.80. The first-order chi connectivity index (χ1) is 8.58. The van der Waals surface area contributed by atoms with Crippen molar-refractivity contribution >= 4 is 6.79 Å². The average Bonchev–Trinajstić information content (AvgIpc) is 2.31. The van der Waals surface area contributed by atoms with Crippen molar-refractivity contribution in [3.63, 3.8) is 0 Å². The van der Waals surface area contributed by atoms with Crippen LogP contribution in [0.25, 0.3) is 0 Å². The second kappa shape index (κ2) is 8.64. The largest absolute Gasteiger partial charge is 0.508 e. The first-order valence-electron chi connectivity index (χ1n) is 5.10. The molecule has 0 bridgehead atoms. The van der Waals surface area contributed by atoms with E-state index in [-0.39, 0.29) is 11.5 Å². The minimum atomic E-state index is 0.104. The lowest BCUT2D eigenvalue weighted by molar-refractivity contribution is -0.0979. The topological polar surface area (TPSA) is 77.8 Å². The van der Waals surface area contributed by atoms with Crippen molar-refractivity contribution in [1.82, 2.24) is 0 Å². The molecule has 0 saturated carbocycles. The van der Waals surface area contributed by atoms with Gasteiger partial charge in [0.25, 0.3) is 0 Å². The van der Waals surface area contributed by atoms with Crippen LogP contribution in [0.2, 0.25) is 0 Å². The van der Waals surface area contributed by atoms with Crippen LogP contribution in [0, 0.1) is 6.92 Å². The number of hydrogen-bond donors (Lipinski definition) is 3. The maximum atomic E-state index is 8.83.